The van der Waals surface area contributed by atoms with Crippen LogP contribution in [0, 0.1) is 13.8 Å². The van der Waals surface area contributed by atoms with Crippen molar-refractivity contribution in [2.24, 2.45) is 0 Å². The van der Waals surface area contributed by atoms with E-state index in [1.165, 1.54) is 5.56 Å². The Labute approximate surface area is 94.6 Å². The molecule has 1 aromatic carbocycles. The normalized spacial score (nSPS) is 20.4. The number of benzene rings is 1. The summed E-state index contributed by atoms with van der Waals surface area (Å²) in [5, 5.41) is 6.00. The lowest BCUT2D eigenvalue weighted by Gasteiger charge is -2.27. The van der Waals surface area contributed by atoms with Crippen molar-refractivity contribution in [3.05, 3.63) is 29.3 Å². The highest BCUT2D eigenvalue weighted by Gasteiger charge is 2.16. The largest absolute Gasteiger partial charge is 0.352 e. The Kier molecular flexibility index (Phi) is 3.07. The zero-order chi connectivity index (χ0) is 11.5. The maximum absolute atomic E-state index is 11.2. The van der Waals surface area contributed by atoms with Gasteiger partial charge in [0.25, 0.3) is 0 Å². The molecule has 1 fully saturated rings. The quantitative estimate of drug-likeness (QED) is 0.576. The third-order valence-corrected chi connectivity index (χ3v) is 2.49. The molecule has 16 heavy (non-hydrogen) atoms. The van der Waals surface area contributed by atoms with Crippen LogP contribution in [0.4, 0.5) is 5.69 Å². The summed E-state index contributed by atoms with van der Waals surface area (Å²) < 4.78 is 0. The average molecular weight is 220 g/mol. The Morgan fingerprint density at radius 2 is 2.19 bits per heavy atom. The van der Waals surface area contributed by atoms with Gasteiger partial charge in [0.2, 0.25) is 5.91 Å². The summed E-state index contributed by atoms with van der Waals surface area (Å²) in [5.41, 5.74) is 9.11. The van der Waals surface area contributed by atoms with Crippen LogP contribution in [0.2, 0.25) is 0 Å². The standard InChI is InChI=1S/C11H16N4O/c1-7-3-4-8(2)9(5-7)13-11-14-10(16)6-12-15-11/h3-5,11-13,15H,6H2,1-2H3,(H,14,16). The van der Waals surface area contributed by atoms with Gasteiger partial charge in [-0.3, -0.25) is 4.79 Å². The molecule has 1 atom stereocenters. The number of aryl methyl sites for hydroxylation is 2. The van der Waals surface area contributed by atoms with Crippen molar-refractivity contribution < 1.29 is 4.79 Å². The van der Waals surface area contributed by atoms with Gasteiger partial charge in [-0.2, -0.15) is 0 Å². The Morgan fingerprint density at radius 3 is 2.94 bits per heavy atom. The molecule has 0 bridgehead atoms. The van der Waals surface area contributed by atoms with E-state index in [4.69, 9.17) is 0 Å². The lowest BCUT2D eigenvalue weighted by molar-refractivity contribution is -0.122. The molecule has 1 unspecified atom stereocenters. The van der Waals surface area contributed by atoms with Gasteiger partial charge in [0.05, 0.1) is 6.54 Å². The molecule has 2 rings (SSSR count). The van der Waals surface area contributed by atoms with E-state index in [-0.39, 0.29) is 12.2 Å². The second-order valence-corrected chi connectivity index (χ2v) is 3.96. The second kappa shape index (κ2) is 4.51. The second-order valence-electron chi connectivity index (χ2n) is 3.96. The minimum absolute atomic E-state index is 0.0263. The fourth-order valence-electron chi connectivity index (χ4n) is 1.60. The summed E-state index contributed by atoms with van der Waals surface area (Å²) in [5.74, 6) is -0.0263. The number of hydrazine groups is 1. The summed E-state index contributed by atoms with van der Waals surface area (Å²) in [6.45, 7) is 4.36. The third kappa shape index (κ3) is 2.50. The van der Waals surface area contributed by atoms with Gasteiger partial charge in [-0.1, -0.05) is 12.1 Å². The number of nitrogens with one attached hydrogen (secondary N) is 4. The van der Waals surface area contributed by atoms with Crippen molar-refractivity contribution in [2.45, 2.75) is 20.1 Å². The Balaban J connectivity index is 2.08. The summed E-state index contributed by atoms with van der Waals surface area (Å²) in [7, 11) is 0. The first kappa shape index (κ1) is 10.9. The highest BCUT2D eigenvalue weighted by atomic mass is 16.2. The van der Waals surface area contributed by atoms with E-state index in [0.29, 0.717) is 6.54 Å². The molecule has 86 valence electrons. The molecule has 5 nitrogen and oxygen atoms in total. The Hall–Kier alpha value is -1.59. The van der Waals surface area contributed by atoms with Crippen LogP contribution in [-0.4, -0.2) is 18.7 Å². The number of carbonyl (C=O) groups is 1. The highest BCUT2D eigenvalue weighted by Crippen LogP contribution is 2.16. The highest BCUT2D eigenvalue weighted by molar-refractivity contribution is 5.79. The number of carbonyl (C=O) groups excluding carboxylic acids is 1. The first-order chi connectivity index (χ1) is 7.65. The zero-order valence-electron chi connectivity index (χ0n) is 9.42. The molecule has 1 saturated heterocycles. The number of amides is 1. The molecule has 0 radical (unpaired) electrons. The van der Waals surface area contributed by atoms with Crippen molar-refractivity contribution in [1.29, 1.82) is 0 Å². The summed E-state index contributed by atoms with van der Waals surface area (Å²) >= 11 is 0. The van der Waals surface area contributed by atoms with Crippen molar-refractivity contribution >= 4 is 11.6 Å². The number of rotatable bonds is 2. The molecule has 1 heterocycles. The van der Waals surface area contributed by atoms with Gasteiger partial charge in [-0.05, 0) is 31.0 Å². The van der Waals surface area contributed by atoms with Crippen molar-refractivity contribution in [1.82, 2.24) is 16.2 Å². The minimum atomic E-state index is -0.276. The maximum atomic E-state index is 11.2. The van der Waals surface area contributed by atoms with E-state index in [2.05, 4.69) is 39.7 Å². The Morgan fingerprint density at radius 1 is 1.38 bits per heavy atom. The first-order valence-corrected chi connectivity index (χ1v) is 5.27. The van der Waals surface area contributed by atoms with Crippen LogP contribution in [0.5, 0.6) is 0 Å². The SMILES string of the molecule is Cc1ccc(C)c(NC2NNCC(=O)N2)c1. The van der Waals surface area contributed by atoms with Crippen LogP contribution < -0.4 is 21.5 Å². The third-order valence-electron chi connectivity index (χ3n) is 2.49. The predicted molar refractivity (Wildman–Crippen MR) is 62.6 cm³/mol. The van der Waals surface area contributed by atoms with Crippen molar-refractivity contribution in [2.75, 3.05) is 11.9 Å². The molecular weight excluding hydrogens is 204 g/mol. The van der Waals surface area contributed by atoms with Crippen molar-refractivity contribution in [3.8, 4) is 0 Å². The maximum Gasteiger partial charge on any atom is 0.237 e. The van der Waals surface area contributed by atoms with Gasteiger partial charge >= 0.3 is 0 Å². The average Bonchev–Trinajstić information content (AvgIpc) is 2.24. The fraction of sp³-hybridized carbons (Fsp3) is 0.364. The van der Waals surface area contributed by atoms with Gasteiger partial charge in [0.1, 0.15) is 0 Å². The van der Waals surface area contributed by atoms with Gasteiger partial charge in [0, 0.05) is 5.69 Å². The lowest BCUT2D eigenvalue weighted by atomic mass is 10.1. The topological polar surface area (TPSA) is 65.2 Å². The van der Waals surface area contributed by atoms with E-state index >= 15 is 0 Å². The number of anilines is 1. The molecule has 1 amide bonds. The van der Waals surface area contributed by atoms with Gasteiger partial charge < -0.3 is 10.6 Å². The Bertz CT molecular complexity index is 405. The molecule has 1 aliphatic heterocycles. The lowest BCUT2D eigenvalue weighted by Crippen LogP contribution is -2.63. The molecule has 4 N–H and O–H groups in total. The van der Waals surface area contributed by atoms with E-state index < -0.39 is 0 Å². The summed E-state index contributed by atoms with van der Waals surface area (Å²) in [6, 6.07) is 6.17. The molecule has 0 spiro atoms. The number of hydrogen-bond donors (Lipinski definition) is 4. The monoisotopic (exact) mass is 220 g/mol. The molecule has 1 aliphatic rings. The molecule has 5 heteroatoms. The van der Waals surface area contributed by atoms with Crippen LogP contribution in [-0.2, 0) is 4.79 Å². The van der Waals surface area contributed by atoms with E-state index in [9.17, 15) is 4.79 Å². The van der Waals surface area contributed by atoms with E-state index in [0.717, 1.165) is 11.3 Å². The van der Waals surface area contributed by atoms with Crippen LogP contribution >= 0.6 is 0 Å². The minimum Gasteiger partial charge on any atom is -0.352 e. The zero-order valence-corrected chi connectivity index (χ0v) is 9.42. The van der Waals surface area contributed by atoms with Crippen LogP contribution in [0.3, 0.4) is 0 Å². The summed E-state index contributed by atoms with van der Waals surface area (Å²) in [6.07, 6.45) is -0.276. The van der Waals surface area contributed by atoms with E-state index in [1.807, 2.05) is 13.8 Å². The predicted octanol–water partition coefficient (Wildman–Crippen LogP) is 0.223. The van der Waals surface area contributed by atoms with E-state index in [1.54, 1.807) is 0 Å². The van der Waals surface area contributed by atoms with Gasteiger partial charge in [0.15, 0.2) is 6.29 Å². The number of hydrogen-bond acceptors (Lipinski definition) is 4. The first-order valence-electron chi connectivity index (χ1n) is 5.27. The molecule has 1 aromatic rings. The van der Waals surface area contributed by atoms with Crippen LogP contribution in [0.25, 0.3) is 0 Å². The van der Waals surface area contributed by atoms with Crippen LogP contribution in [0.1, 0.15) is 11.1 Å². The van der Waals surface area contributed by atoms with Gasteiger partial charge in [-0.15, -0.1) is 0 Å². The van der Waals surface area contributed by atoms with Crippen molar-refractivity contribution in [3.63, 3.8) is 0 Å². The van der Waals surface area contributed by atoms with Gasteiger partial charge in [-0.25, -0.2) is 10.9 Å². The molecule has 0 aliphatic carbocycles. The smallest absolute Gasteiger partial charge is 0.237 e. The molecule has 0 saturated carbocycles. The molecular formula is C11H16N4O. The fourth-order valence-corrected chi connectivity index (χ4v) is 1.60. The van der Waals surface area contributed by atoms with Crippen LogP contribution in [0.15, 0.2) is 18.2 Å². The molecule has 0 aromatic heterocycles. The summed E-state index contributed by atoms with van der Waals surface area (Å²) in [4.78, 5) is 11.2.